The van der Waals surface area contributed by atoms with Gasteiger partial charge >= 0.3 is 0 Å². The summed E-state index contributed by atoms with van der Waals surface area (Å²) in [4.78, 5) is 26.1. The highest BCUT2D eigenvalue weighted by Gasteiger charge is 2.29. The molecular formula is C19H22N4O4S. The number of carbonyl (C=O) groups excluding carboxylic acids is 2. The summed E-state index contributed by atoms with van der Waals surface area (Å²) in [5, 5.41) is 5.57. The van der Waals surface area contributed by atoms with Crippen LogP contribution in [0.1, 0.15) is 19.4 Å². The molecule has 148 valence electrons. The maximum atomic E-state index is 12.6. The fourth-order valence-electron chi connectivity index (χ4n) is 2.86. The summed E-state index contributed by atoms with van der Waals surface area (Å²) in [6.45, 7) is 4.05. The lowest BCUT2D eigenvalue weighted by Crippen LogP contribution is -2.40. The predicted octanol–water partition coefficient (Wildman–Crippen LogP) is 1.19. The third-order valence-electron chi connectivity index (χ3n) is 4.13. The average molecular weight is 402 g/mol. The summed E-state index contributed by atoms with van der Waals surface area (Å²) in [5.74, 6) is -0.465. The smallest absolute Gasteiger partial charge is 0.259 e. The highest BCUT2D eigenvalue weighted by Crippen LogP contribution is 2.19. The van der Waals surface area contributed by atoms with E-state index in [1.165, 1.54) is 6.08 Å². The molecule has 1 aromatic rings. The molecule has 1 aromatic carbocycles. The Hall–Kier alpha value is -2.94. The van der Waals surface area contributed by atoms with E-state index in [4.69, 9.17) is 0 Å². The molecule has 0 unspecified atom stereocenters. The quantitative estimate of drug-likeness (QED) is 0.769. The summed E-state index contributed by atoms with van der Waals surface area (Å²) < 4.78 is 27.3. The van der Waals surface area contributed by atoms with Gasteiger partial charge in [-0.05, 0) is 43.7 Å². The van der Waals surface area contributed by atoms with Crippen LogP contribution in [0.5, 0.6) is 0 Å². The van der Waals surface area contributed by atoms with Crippen molar-refractivity contribution < 1.29 is 18.0 Å². The Morgan fingerprint density at radius 2 is 1.93 bits per heavy atom. The maximum Gasteiger partial charge on any atom is 0.259 e. The van der Waals surface area contributed by atoms with Gasteiger partial charge in [-0.15, -0.1) is 4.40 Å². The molecule has 0 saturated heterocycles. The van der Waals surface area contributed by atoms with Crippen molar-refractivity contribution in [1.29, 1.82) is 0 Å². The van der Waals surface area contributed by atoms with Crippen LogP contribution in [0.3, 0.4) is 0 Å². The van der Waals surface area contributed by atoms with Crippen LogP contribution in [0.25, 0.3) is 0 Å². The van der Waals surface area contributed by atoms with E-state index in [2.05, 4.69) is 15.0 Å². The molecule has 2 amide bonds. The Morgan fingerprint density at radius 1 is 1.21 bits per heavy atom. The largest absolute Gasteiger partial charge is 0.354 e. The summed E-state index contributed by atoms with van der Waals surface area (Å²) >= 11 is 0. The number of nitrogens with one attached hydrogen (secondary N) is 2. The van der Waals surface area contributed by atoms with Crippen LogP contribution in [0.4, 0.5) is 5.69 Å². The normalized spacial score (nSPS) is 17.5. The highest BCUT2D eigenvalue weighted by molar-refractivity contribution is 7.90. The molecule has 0 aliphatic carbocycles. The molecule has 2 N–H and O–H groups in total. The number of sulfonamides is 1. The van der Waals surface area contributed by atoms with Gasteiger partial charge in [0.1, 0.15) is 0 Å². The van der Waals surface area contributed by atoms with E-state index >= 15 is 0 Å². The second-order valence-corrected chi connectivity index (χ2v) is 8.62. The summed E-state index contributed by atoms with van der Waals surface area (Å²) in [6.07, 6.45) is 5.17. The molecule has 3 rings (SSSR count). The van der Waals surface area contributed by atoms with Crippen molar-refractivity contribution in [3.05, 3.63) is 53.8 Å². The lowest BCUT2D eigenvalue weighted by atomic mass is 10.1. The van der Waals surface area contributed by atoms with E-state index < -0.39 is 15.9 Å². The maximum absolute atomic E-state index is 12.6. The van der Waals surface area contributed by atoms with Gasteiger partial charge in [-0.3, -0.25) is 9.59 Å². The number of amidine groups is 1. The molecule has 8 nitrogen and oxygen atoms in total. The van der Waals surface area contributed by atoms with Crippen molar-refractivity contribution in [2.75, 3.05) is 17.6 Å². The van der Waals surface area contributed by atoms with Gasteiger partial charge in [0, 0.05) is 24.5 Å². The number of benzene rings is 1. The Morgan fingerprint density at radius 3 is 2.61 bits per heavy atom. The van der Waals surface area contributed by atoms with Gasteiger partial charge in [0.15, 0.2) is 5.84 Å². The minimum atomic E-state index is -3.56. The van der Waals surface area contributed by atoms with E-state index in [0.717, 1.165) is 5.56 Å². The second-order valence-electron chi connectivity index (χ2n) is 6.87. The fourth-order valence-corrected chi connectivity index (χ4v) is 3.84. The summed E-state index contributed by atoms with van der Waals surface area (Å²) in [5.41, 5.74) is 1.55. The zero-order valence-corrected chi connectivity index (χ0v) is 16.5. The van der Waals surface area contributed by atoms with Crippen LogP contribution in [-0.2, 0) is 26.0 Å². The number of hydrogen-bond donors (Lipinski definition) is 2. The SMILES string of the molecule is CC(C)NC(=O)Cc1ccc(NC(=O)C2=CC=CN3CCS(=O)(=O)N=C23)cc1. The van der Waals surface area contributed by atoms with Crippen LogP contribution >= 0.6 is 0 Å². The predicted molar refractivity (Wildman–Crippen MR) is 107 cm³/mol. The lowest BCUT2D eigenvalue weighted by molar-refractivity contribution is -0.121. The number of anilines is 1. The number of nitrogens with zero attached hydrogens (tertiary/aromatic N) is 2. The third-order valence-corrected chi connectivity index (χ3v) is 5.28. The lowest BCUT2D eigenvalue weighted by Gasteiger charge is -2.28. The van der Waals surface area contributed by atoms with Crippen LogP contribution in [-0.4, -0.2) is 49.3 Å². The number of carbonyl (C=O) groups is 2. The van der Waals surface area contributed by atoms with Gasteiger partial charge in [-0.2, -0.15) is 0 Å². The minimum absolute atomic E-state index is 0.0671. The van der Waals surface area contributed by atoms with E-state index in [-0.39, 0.29) is 42.1 Å². The van der Waals surface area contributed by atoms with E-state index in [9.17, 15) is 18.0 Å². The van der Waals surface area contributed by atoms with Crippen molar-refractivity contribution >= 4 is 33.4 Å². The number of fused-ring (bicyclic) bond motifs is 1. The van der Waals surface area contributed by atoms with E-state index in [0.29, 0.717) is 5.69 Å². The van der Waals surface area contributed by atoms with Crippen LogP contribution in [0.2, 0.25) is 0 Å². The zero-order chi connectivity index (χ0) is 20.3. The average Bonchev–Trinajstić information content (AvgIpc) is 2.61. The molecule has 0 spiro atoms. The molecule has 0 fully saturated rings. The van der Waals surface area contributed by atoms with Gasteiger partial charge in [0.05, 0.1) is 17.7 Å². The zero-order valence-electron chi connectivity index (χ0n) is 15.7. The van der Waals surface area contributed by atoms with Crippen molar-refractivity contribution in [2.24, 2.45) is 4.40 Å². The fraction of sp³-hybridized carbons (Fsp3) is 0.316. The van der Waals surface area contributed by atoms with E-state index in [1.54, 1.807) is 41.4 Å². The Kier molecular flexibility index (Phi) is 5.64. The standard InChI is InChI=1S/C19H22N4O4S/c1-13(2)20-17(24)12-14-5-7-15(8-6-14)21-19(25)16-4-3-9-23-10-11-28(26,27)22-18(16)23/h3-9,13H,10-12H2,1-2H3,(H,20,24)(H,21,25). The monoisotopic (exact) mass is 402 g/mol. The molecule has 28 heavy (non-hydrogen) atoms. The van der Waals surface area contributed by atoms with Crippen molar-refractivity contribution in [1.82, 2.24) is 10.2 Å². The van der Waals surface area contributed by atoms with Gasteiger partial charge in [-0.25, -0.2) is 8.42 Å². The molecule has 2 heterocycles. The van der Waals surface area contributed by atoms with Crippen molar-refractivity contribution in [3.63, 3.8) is 0 Å². The second kappa shape index (κ2) is 7.97. The van der Waals surface area contributed by atoms with Crippen molar-refractivity contribution in [3.8, 4) is 0 Å². The molecule has 0 atom stereocenters. The number of amides is 2. The summed E-state index contributed by atoms with van der Waals surface area (Å²) in [7, 11) is -3.56. The Balaban J connectivity index is 1.69. The molecule has 2 aliphatic heterocycles. The van der Waals surface area contributed by atoms with Gasteiger partial charge in [0.25, 0.3) is 15.9 Å². The Bertz CT molecular complexity index is 976. The first-order valence-electron chi connectivity index (χ1n) is 8.91. The number of rotatable bonds is 5. The first kappa shape index (κ1) is 19.8. The van der Waals surface area contributed by atoms with Gasteiger partial charge in [-0.1, -0.05) is 12.1 Å². The van der Waals surface area contributed by atoms with Crippen molar-refractivity contribution in [2.45, 2.75) is 26.3 Å². The molecule has 2 aliphatic rings. The number of allylic oxidation sites excluding steroid dienone is 2. The summed E-state index contributed by atoms with van der Waals surface area (Å²) in [6, 6.07) is 7.01. The highest BCUT2D eigenvalue weighted by atomic mass is 32.2. The molecule has 9 heteroatoms. The number of hydrogen-bond acceptors (Lipinski definition) is 5. The third kappa shape index (κ3) is 4.86. The first-order valence-corrected chi connectivity index (χ1v) is 10.5. The van der Waals surface area contributed by atoms with E-state index in [1.807, 2.05) is 13.8 Å². The molecular weight excluding hydrogens is 380 g/mol. The molecule has 0 bridgehead atoms. The minimum Gasteiger partial charge on any atom is -0.354 e. The van der Waals surface area contributed by atoms with Crippen LogP contribution in [0, 0.1) is 0 Å². The van der Waals surface area contributed by atoms with Gasteiger partial charge in [0.2, 0.25) is 5.91 Å². The molecule has 0 aromatic heterocycles. The van der Waals surface area contributed by atoms with Crippen LogP contribution in [0.15, 0.2) is 52.6 Å². The van der Waals surface area contributed by atoms with Crippen LogP contribution < -0.4 is 10.6 Å². The molecule has 0 saturated carbocycles. The Labute approximate surface area is 164 Å². The molecule has 0 radical (unpaired) electrons. The first-order chi connectivity index (χ1) is 13.2. The van der Waals surface area contributed by atoms with Gasteiger partial charge < -0.3 is 15.5 Å². The topological polar surface area (TPSA) is 108 Å².